The van der Waals surface area contributed by atoms with Crippen molar-refractivity contribution in [2.24, 2.45) is 0 Å². The Morgan fingerprint density at radius 2 is 2.29 bits per heavy atom. The second kappa shape index (κ2) is 5.17. The first-order valence-corrected chi connectivity index (χ1v) is 7.23. The highest BCUT2D eigenvalue weighted by atomic mass is 32.1. The molecule has 1 N–H and O–H groups in total. The van der Waals surface area contributed by atoms with Crippen LogP contribution >= 0.6 is 11.3 Å². The minimum atomic E-state index is -0.516. The second-order valence-corrected chi connectivity index (χ2v) is 5.53. The molecule has 0 spiro atoms. The molecule has 2 amide bonds. The maximum atomic E-state index is 12.2. The number of hydrogen-bond acceptors (Lipinski definition) is 5. The predicted molar refractivity (Wildman–Crippen MR) is 80.0 cm³/mol. The van der Waals surface area contributed by atoms with Gasteiger partial charge in [0.15, 0.2) is 11.2 Å². The summed E-state index contributed by atoms with van der Waals surface area (Å²) in [6.45, 7) is 1.70. The molecule has 0 fully saturated rings. The van der Waals surface area contributed by atoms with Crippen molar-refractivity contribution >= 4 is 34.0 Å². The highest BCUT2D eigenvalue weighted by Gasteiger charge is 2.29. The monoisotopic (exact) mass is 303 g/mol. The molecule has 0 aliphatic carbocycles. The lowest BCUT2D eigenvalue weighted by Crippen LogP contribution is -2.42. The van der Waals surface area contributed by atoms with E-state index in [0.29, 0.717) is 22.1 Å². The SMILES string of the molecule is CC1Oc2ccc(C(=O)Nc3nccs3)cc2N(C)C1=O. The number of carbonyl (C=O) groups excluding carboxylic acids is 2. The zero-order chi connectivity index (χ0) is 15.0. The first-order valence-electron chi connectivity index (χ1n) is 6.35. The van der Waals surface area contributed by atoms with Crippen LogP contribution in [0, 0.1) is 0 Å². The topological polar surface area (TPSA) is 71.5 Å². The summed E-state index contributed by atoms with van der Waals surface area (Å²) in [5, 5.41) is 5.02. The number of benzene rings is 1. The van der Waals surface area contributed by atoms with Gasteiger partial charge in [-0.25, -0.2) is 4.98 Å². The van der Waals surface area contributed by atoms with Gasteiger partial charge in [0.1, 0.15) is 5.75 Å². The average molecular weight is 303 g/mol. The molecule has 108 valence electrons. The van der Waals surface area contributed by atoms with Crippen molar-refractivity contribution in [3.05, 3.63) is 35.3 Å². The first-order chi connectivity index (χ1) is 10.1. The number of likely N-dealkylation sites (N-methyl/N-ethyl adjacent to an activating group) is 1. The maximum Gasteiger partial charge on any atom is 0.267 e. The lowest BCUT2D eigenvalue weighted by atomic mass is 10.1. The first kappa shape index (κ1) is 13.6. The fourth-order valence-corrected chi connectivity index (χ4v) is 2.63. The number of fused-ring (bicyclic) bond motifs is 1. The van der Waals surface area contributed by atoms with E-state index < -0.39 is 6.10 Å². The van der Waals surface area contributed by atoms with Crippen molar-refractivity contribution in [2.75, 3.05) is 17.3 Å². The fourth-order valence-electron chi connectivity index (χ4n) is 2.11. The number of aromatic nitrogens is 1. The second-order valence-electron chi connectivity index (χ2n) is 4.63. The van der Waals surface area contributed by atoms with Crippen molar-refractivity contribution in [3.8, 4) is 5.75 Å². The van der Waals surface area contributed by atoms with Crippen LogP contribution in [0.25, 0.3) is 0 Å². The highest BCUT2D eigenvalue weighted by molar-refractivity contribution is 7.13. The van der Waals surface area contributed by atoms with Crippen LogP contribution in [-0.4, -0.2) is 29.9 Å². The van der Waals surface area contributed by atoms with E-state index in [9.17, 15) is 9.59 Å². The molecular weight excluding hydrogens is 290 g/mol. The van der Waals surface area contributed by atoms with Gasteiger partial charge in [0, 0.05) is 24.2 Å². The summed E-state index contributed by atoms with van der Waals surface area (Å²) < 4.78 is 5.52. The van der Waals surface area contributed by atoms with Gasteiger partial charge in [0.25, 0.3) is 11.8 Å². The number of hydrogen-bond donors (Lipinski definition) is 1. The third-order valence-electron chi connectivity index (χ3n) is 3.22. The summed E-state index contributed by atoms with van der Waals surface area (Å²) in [4.78, 5) is 29.6. The predicted octanol–water partition coefficient (Wildman–Crippen LogP) is 2.14. The van der Waals surface area contributed by atoms with E-state index in [0.717, 1.165) is 0 Å². The minimum Gasteiger partial charge on any atom is -0.479 e. The Kier molecular flexibility index (Phi) is 3.34. The van der Waals surface area contributed by atoms with Gasteiger partial charge in [-0.2, -0.15) is 0 Å². The Bertz CT molecular complexity index is 699. The standard InChI is InChI=1S/C14H13N3O3S/c1-8-13(19)17(2)10-7-9(3-4-11(10)20-8)12(18)16-14-15-5-6-21-14/h3-8H,1-2H3,(H,15,16,18). The lowest BCUT2D eigenvalue weighted by molar-refractivity contribution is -0.125. The Labute approximate surface area is 125 Å². The van der Waals surface area contributed by atoms with Gasteiger partial charge in [0.05, 0.1) is 5.69 Å². The molecule has 1 aliphatic rings. The molecule has 1 unspecified atom stereocenters. The van der Waals surface area contributed by atoms with Gasteiger partial charge in [-0.3, -0.25) is 14.9 Å². The molecule has 0 bridgehead atoms. The molecule has 6 nitrogen and oxygen atoms in total. The summed E-state index contributed by atoms with van der Waals surface area (Å²) in [5.41, 5.74) is 1.03. The molecule has 0 radical (unpaired) electrons. The number of nitrogens with zero attached hydrogens (tertiary/aromatic N) is 2. The molecule has 0 saturated heterocycles. The van der Waals surface area contributed by atoms with Crippen LogP contribution in [0.2, 0.25) is 0 Å². The van der Waals surface area contributed by atoms with E-state index in [1.54, 1.807) is 43.7 Å². The van der Waals surface area contributed by atoms with Gasteiger partial charge >= 0.3 is 0 Å². The van der Waals surface area contributed by atoms with E-state index >= 15 is 0 Å². The molecule has 1 aliphatic heterocycles. The molecule has 3 rings (SSSR count). The van der Waals surface area contributed by atoms with Crippen LogP contribution in [0.4, 0.5) is 10.8 Å². The van der Waals surface area contributed by atoms with Gasteiger partial charge < -0.3 is 9.64 Å². The largest absolute Gasteiger partial charge is 0.479 e. The van der Waals surface area contributed by atoms with E-state index in [-0.39, 0.29) is 11.8 Å². The van der Waals surface area contributed by atoms with E-state index in [1.165, 1.54) is 16.2 Å². The van der Waals surface area contributed by atoms with E-state index in [4.69, 9.17) is 4.74 Å². The molecule has 1 atom stereocenters. The summed E-state index contributed by atoms with van der Waals surface area (Å²) in [6, 6.07) is 5.01. The highest BCUT2D eigenvalue weighted by Crippen LogP contribution is 2.34. The third-order valence-corrected chi connectivity index (χ3v) is 3.91. The Hall–Kier alpha value is -2.41. The molecule has 2 heterocycles. The van der Waals surface area contributed by atoms with Crippen molar-refractivity contribution in [3.63, 3.8) is 0 Å². The Balaban J connectivity index is 1.89. The number of nitrogens with one attached hydrogen (secondary N) is 1. The number of amides is 2. The molecule has 1 aromatic heterocycles. The Morgan fingerprint density at radius 1 is 1.48 bits per heavy atom. The third kappa shape index (κ3) is 2.47. The van der Waals surface area contributed by atoms with Crippen LogP contribution in [-0.2, 0) is 4.79 Å². The summed E-state index contributed by atoms with van der Waals surface area (Å²) in [6.07, 6.45) is 1.10. The number of thiazole rings is 1. The minimum absolute atomic E-state index is 0.139. The molecule has 0 saturated carbocycles. The lowest BCUT2D eigenvalue weighted by Gasteiger charge is -2.30. The summed E-state index contributed by atoms with van der Waals surface area (Å²) in [5.74, 6) is 0.183. The zero-order valence-electron chi connectivity index (χ0n) is 11.5. The van der Waals surface area contributed by atoms with Crippen molar-refractivity contribution in [1.82, 2.24) is 4.98 Å². The van der Waals surface area contributed by atoms with Crippen LogP contribution in [0.5, 0.6) is 5.75 Å². The number of rotatable bonds is 2. The maximum absolute atomic E-state index is 12.2. The molecule has 21 heavy (non-hydrogen) atoms. The van der Waals surface area contributed by atoms with E-state index in [2.05, 4.69) is 10.3 Å². The Morgan fingerprint density at radius 3 is 3.00 bits per heavy atom. The van der Waals surface area contributed by atoms with E-state index in [1.807, 2.05) is 0 Å². The summed E-state index contributed by atoms with van der Waals surface area (Å²) in [7, 11) is 1.67. The van der Waals surface area contributed by atoms with Gasteiger partial charge in [-0.15, -0.1) is 11.3 Å². The van der Waals surface area contributed by atoms with Crippen LogP contribution in [0.15, 0.2) is 29.8 Å². The number of ether oxygens (including phenoxy) is 1. The fraction of sp³-hybridized carbons (Fsp3) is 0.214. The quantitative estimate of drug-likeness (QED) is 0.922. The molecular formula is C14H13N3O3S. The van der Waals surface area contributed by atoms with Crippen LogP contribution in [0.1, 0.15) is 17.3 Å². The molecule has 2 aromatic rings. The average Bonchev–Trinajstić information content (AvgIpc) is 2.97. The smallest absolute Gasteiger partial charge is 0.267 e. The normalized spacial score (nSPS) is 17.1. The van der Waals surface area contributed by atoms with Gasteiger partial charge in [-0.05, 0) is 25.1 Å². The number of carbonyl (C=O) groups is 2. The van der Waals surface area contributed by atoms with Crippen molar-refractivity contribution in [2.45, 2.75) is 13.0 Å². The van der Waals surface area contributed by atoms with Gasteiger partial charge in [-0.1, -0.05) is 0 Å². The zero-order valence-corrected chi connectivity index (χ0v) is 12.3. The molecule has 1 aromatic carbocycles. The van der Waals surface area contributed by atoms with Crippen molar-refractivity contribution < 1.29 is 14.3 Å². The number of anilines is 2. The molecule has 7 heteroatoms. The van der Waals surface area contributed by atoms with Crippen LogP contribution < -0.4 is 15.0 Å². The van der Waals surface area contributed by atoms with Gasteiger partial charge in [0.2, 0.25) is 0 Å². The summed E-state index contributed by atoms with van der Waals surface area (Å²) >= 11 is 1.34. The van der Waals surface area contributed by atoms with Crippen molar-refractivity contribution in [1.29, 1.82) is 0 Å². The van der Waals surface area contributed by atoms with Crippen LogP contribution in [0.3, 0.4) is 0 Å².